The topological polar surface area (TPSA) is 79.4 Å². The van der Waals surface area contributed by atoms with Gasteiger partial charge < -0.3 is 5.32 Å². The Kier molecular flexibility index (Phi) is 5.38. The first-order valence-electron chi connectivity index (χ1n) is 9.35. The van der Waals surface area contributed by atoms with Crippen LogP contribution in [0.25, 0.3) is 0 Å². The molecule has 8 heteroatoms. The van der Waals surface area contributed by atoms with Gasteiger partial charge in [0.1, 0.15) is 0 Å². The number of aromatic nitrogens is 1. The highest BCUT2D eigenvalue weighted by molar-refractivity contribution is 7.92. The zero-order chi connectivity index (χ0) is 20.4. The first-order valence-corrected chi connectivity index (χ1v) is 11.7. The van der Waals surface area contributed by atoms with Crippen LogP contribution in [0.3, 0.4) is 0 Å². The summed E-state index contributed by atoms with van der Waals surface area (Å²) in [6, 6.07) is 13.7. The standard InChI is InChI=1S/C21H21N3O3S2/c1-15-23-18(14-28-15)9-11-22-21(25)17-6-4-7-19(13-17)29(26,27)24-12-10-16-5-2-3-8-20(16)24/h2-8,13-14H,9-12H2,1H3,(H,22,25). The van der Waals surface area contributed by atoms with E-state index in [4.69, 9.17) is 0 Å². The molecule has 1 aromatic heterocycles. The lowest BCUT2D eigenvalue weighted by molar-refractivity contribution is 0.0954. The largest absolute Gasteiger partial charge is 0.352 e. The average molecular weight is 428 g/mol. The number of amides is 1. The fraction of sp³-hybridized carbons (Fsp3) is 0.238. The summed E-state index contributed by atoms with van der Waals surface area (Å²) >= 11 is 1.58. The maximum absolute atomic E-state index is 13.2. The summed E-state index contributed by atoms with van der Waals surface area (Å²) < 4.78 is 27.7. The molecule has 1 aliphatic rings. The van der Waals surface area contributed by atoms with Gasteiger partial charge in [0.05, 0.1) is 21.3 Å². The molecule has 0 radical (unpaired) electrons. The molecule has 0 spiro atoms. The van der Waals surface area contributed by atoms with Crippen molar-refractivity contribution in [3.63, 3.8) is 0 Å². The van der Waals surface area contributed by atoms with Gasteiger partial charge in [-0.1, -0.05) is 24.3 Å². The van der Waals surface area contributed by atoms with Gasteiger partial charge in [0.25, 0.3) is 15.9 Å². The fourth-order valence-corrected chi connectivity index (χ4v) is 5.61. The summed E-state index contributed by atoms with van der Waals surface area (Å²) in [6.45, 7) is 2.79. The molecule has 0 saturated heterocycles. The van der Waals surface area contributed by atoms with Crippen molar-refractivity contribution in [1.82, 2.24) is 10.3 Å². The molecule has 2 heterocycles. The van der Waals surface area contributed by atoms with E-state index in [-0.39, 0.29) is 10.8 Å². The number of nitrogens with zero attached hydrogens (tertiary/aromatic N) is 2. The molecule has 0 saturated carbocycles. The molecule has 150 valence electrons. The van der Waals surface area contributed by atoms with Gasteiger partial charge >= 0.3 is 0 Å². The number of para-hydroxylation sites is 1. The number of benzene rings is 2. The van der Waals surface area contributed by atoms with E-state index in [1.807, 2.05) is 36.6 Å². The van der Waals surface area contributed by atoms with Crippen LogP contribution in [0.5, 0.6) is 0 Å². The highest BCUT2D eigenvalue weighted by atomic mass is 32.2. The number of hydrogen-bond donors (Lipinski definition) is 1. The van der Waals surface area contributed by atoms with E-state index in [1.165, 1.54) is 16.4 Å². The second kappa shape index (κ2) is 7.96. The van der Waals surface area contributed by atoms with Crippen LogP contribution >= 0.6 is 11.3 Å². The van der Waals surface area contributed by atoms with Crippen LogP contribution in [0.1, 0.15) is 26.6 Å². The Balaban J connectivity index is 1.48. The highest BCUT2D eigenvalue weighted by Crippen LogP contribution is 2.32. The molecule has 3 aromatic rings. The zero-order valence-electron chi connectivity index (χ0n) is 16.0. The number of nitrogens with one attached hydrogen (secondary N) is 1. The molecule has 4 rings (SSSR count). The van der Waals surface area contributed by atoms with Gasteiger partial charge in [-0.15, -0.1) is 11.3 Å². The van der Waals surface area contributed by atoms with E-state index in [2.05, 4.69) is 10.3 Å². The summed E-state index contributed by atoms with van der Waals surface area (Å²) in [4.78, 5) is 17.0. The lowest BCUT2D eigenvalue weighted by atomic mass is 10.2. The summed E-state index contributed by atoms with van der Waals surface area (Å²) in [5, 5.41) is 5.81. The zero-order valence-corrected chi connectivity index (χ0v) is 17.6. The first kappa shape index (κ1) is 19.6. The third-order valence-corrected chi connectivity index (χ3v) is 7.49. The van der Waals surface area contributed by atoms with E-state index < -0.39 is 10.0 Å². The molecule has 0 bridgehead atoms. The van der Waals surface area contributed by atoms with Crippen molar-refractivity contribution in [2.75, 3.05) is 17.4 Å². The second-order valence-electron chi connectivity index (χ2n) is 6.85. The molecule has 1 N–H and O–H groups in total. The third kappa shape index (κ3) is 4.04. The summed E-state index contributed by atoms with van der Waals surface area (Å²) in [7, 11) is -3.72. The molecule has 0 atom stereocenters. The Bertz CT molecular complexity index is 1160. The predicted octanol–water partition coefficient (Wildman–Crippen LogP) is 3.18. The number of rotatable bonds is 6. The number of carbonyl (C=O) groups is 1. The average Bonchev–Trinajstić information content (AvgIpc) is 3.34. The highest BCUT2D eigenvalue weighted by Gasteiger charge is 2.30. The maximum Gasteiger partial charge on any atom is 0.264 e. The number of carbonyl (C=O) groups excluding carboxylic acids is 1. The maximum atomic E-state index is 13.2. The fourth-order valence-electron chi connectivity index (χ4n) is 3.41. The normalized spacial score (nSPS) is 13.3. The minimum Gasteiger partial charge on any atom is -0.352 e. The van der Waals surface area contributed by atoms with E-state index in [0.717, 1.165) is 16.3 Å². The molecule has 0 fully saturated rings. The van der Waals surface area contributed by atoms with Crippen LogP contribution in [0, 0.1) is 6.92 Å². The van der Waals surface area contributed by atoms with Crippen molar-refractivity contribution >= 4 is 33.0 Å². The number of hydrogen-bond acceptors (Lipinski definition) is 5. The molecule has 2 aromatic carbocycles. The monoisotopic (exact) mass is 427 g/mol. The molecule has 0 unspecified atom stereocenters. The molecular weight excluding hydrogens is 406 g/mol. The lowest BCUT2D eigenvalue weighted by Crippen LogP contribution is -2.30. The molecule has 1 aliphatic heterocycles. The van der Waals surface area contributed by atoms with Crippen molar-refractivity contribution in [2.45, 2.75) is 24.7 Å². The number of sulfonamides is 1. The van der Waals surface area contributed by atoms with Crippen molar-refractivity contribution in [3.8, 4) is 0 Å². The second-order valence-corrected chi connectivity index (χ2v) is 9.77. The molecule has 1 amide bonds. The van der Waals surface area contributed by atoms with E-state index in [1.54, 1.807) is 23.5 Å². The number of anilines is 1. The van der Waals surface area contributed by atoms with Gasteiger partial charge in [0.2, 0.25) is 0 Å². The SMILES string of the molecule is Cc1nc(CCNC(=O)c2cccc(S(=O)(=O)N3CCc4ccccc43)c2)cs1. The summed E-state index contributed by atoms with van der Waals surface area (Å²) in [5.41, 5.74) is 2.99. The molecule has 0 aliphatic carbocycles. The first-order chi connectivity index (χ1) is 13.9. The van der Waals surface area contributed by atoms with Crippen LogP contribution in [0.15, 0.2) is 58.8 Å². The van der Waals surface area contributed by atoms with Gasteiger partial charge in [-0.25, -0.2) is 13.4 Å². The Morgan fingerprint density at radius 2 is 2.03 bits per heavy atom. The van der Waals surface area contributed by atoms with Crippen molar-refractivity contribution in [1.29, 1.82) is 0 Å². The van der Waals surface area contributed by atoms with E-state index >= 15 is 0 Å². The van der Waals surface area contributed by atoms with E-state index in [0.29, 0.717) is 37.2 Å². The minimum atomic E-state index is -3.72. The third-order valence-electron chi connectivity index (χ3n) is 4.86. The number of aryl methyl sites for hydroxylation is 1. The van der Waals surface area contributed by atoms with Crippen LogP contribution in [-0.4, -0.2) is 32.4 Å². The van der Waals surface area contributed by atoms with Crippen LogP contribution < -0.4 is 9.62 Å². The van der Waals surface area contributed by atoms with Crippen LogP contribution in [-0.2, 0) is 22.9 Å². The summed E-state index contributed by atoms with van der Waals surface area (Å²) in [5.74, 6) is -0.296. The quantitative estimate of drug-likeness (QED) is 0.655. The predicted molar refractivity (Wildman–Crippen MR) is 114 cm³/mol. The Morgan fingerprint density at radius 3 is 2.83 bits per heavy atom. The molecule has 29 heavy (non-hydrogen) atoms. The summed E-state index contributed by atoms with van der Waals surface area (Å²) in [6.07, 6.45) is 1.32. The van der Waals surface area contributed by atoms with E-state index in [9.17, 15) is 13.2 Å². The Hall–Kier alpha value is -2.71. The minimum absolute atomic E-state index is 0.122. The van der Waals surface area contributed by atoms with Gasteiger partial charge in [-0.3, -0.25) is 9.10 Å². The lowest BCUT2D eigenvalue weighted by Gasteiger charge is -2.20. The van der Waals surface area contributed by atoms with Gasteiger partial charge in [0, 0.05) is 30.5 Å². The number of fused-ring (bicyclic) bond motifs is 1. The molecular formula is C21H21N3O3S2. The van der Waals surface area contributed by atoms with Gasteiger partial charge in [0.15, 0.2) is 0 Å². The van der Waals surface area contributed by atoms with Crippen molar-refractivity contribution in [2.24, 2.45) is 0 Å². The Labute approximate surface area is 174 Å². The van der Waals surface area contributed by atoms with Crippen molar-refractivity contribution in [3.05, 3.63) is 75.7 Å². The smallest absolute Gasteiger partial charge is 0.264 e. The molecule has 6 nitrogen and oxygen atoms in total. The van der Waals surface area contributed by atoms with Gasteiger partial charge in [-0.05, 0) is 43.2 Å². The van der Waals surface area contributed by atoms with Crippen LogP contribution in [0.4, 0.5) is 5.69 Å². The Morgan fingerprint density at radius 1 is 1.21 bits per heavy atom. The number of thiazole rings is 1. The van der Waals surface area contributed by atoms with Crippen LogP contribution in [0.2, 0.25) is 0 Å². The van der Waals surface area contributed by atoms with Crippen molar-refractivity contribution < 1.29 is 13.2 Å². The van der Waals surface area contributed by atoms with Gasteiger partial charge in [-0.2, -0.15) is 0 Å².